The SMILES string of the molecule is CCC(C)=Nc1c(Br)cc(C)cc1Br.[Br-].[Br-].[Ni+2]. The molecule has 0 aliphatic rings. The number of nitrogens with zero attached hydrogens (tertiary/aromatic N) is 1. The van der Waals surface area contributed by atoms with Crippen molar-refractivity contribution in [1.29, 1.82) is 0 Å². The Morgan fingerprint density at radius 3 is 1.94 bits per heavy atom. The topological polar surface area (TPSA) is 12.4 Å². The Hall–Kier alpha value is 1.30. The fourth-order valence-electron chi connectivity index (χ4n) is 1.07. The second-order valence-corrected chi connectivity index (χ2v) is 4.99. The van der Waals surface area contributed by atoms with Gasteiger partial charge < -0.3 is 34.0 Å². The Labute approximate surface area is 151 Å². The van der Waals surface area contributed by atoms with Crippen molar-refractivity contribution in [3.05, 3.63) is 26.6 Å². The molecular formula is C11H13Br4NNi. The quantitative estimate of drug-likeness (QED) is 0.340. The summed E-state index contributed by atoms with van der Waals surface area (Å²) in [5.41, 5.74) is 3.34. The maximum absolute atomic E-state index is 4.54. The van der Waals surface area contributed by atoms with E-state index in [0.717, 1.165) is 26.8 Å². The fraction of sp³-hybridized carbons (Fsp3) is 0.364. The predicted molar refractivity (Wildman–Crippen MR) is 69.6 cm³/mol. The van der Waals surface area contributed by atoms with Gasteiger partial charge in [-0.25, -0.2) is 0 Å². The Bertz CT molecular complexity index is 357. The number of aliphatic imine (C=N–C) groups is 1. The van der Waals surface area contributed by atoms with Gasteiger partial charge in [-0.1, -0.05) is 6.92 Å². The molecule has 100 valence electrons. The van der Waals surface area contributed by atoms with Gasteiger partial charge in [-0.15, -0.1) is 0 Å². The zero-order chi connectivity index (χ0) is 10.7. The Balaban J connectivity index is -0.000000653. The van der Waals surface area contributed by atoms with Crippen LogP contribution in [0.2, 0.25) is 0 Å². The van der Waals surface area contributed by atoms with Crippen LogP contribution in [0.3, 0.4) is 0 Å². The van der Waals surface area contributed by atoms with Crippen molar-refractivity contribution in [3.8, 4) is 0 Å². The van der Waals surface area contributed by atoms with E-state index in [0.29, 0.717) is 0 Å². The van der Waals surface area contributed by atoms with Gasteiger partial charge in [0, 0.05) is 14.7 Å². The molecular weight excluding hydrogens is 524 g/mol. The van der Waals surface area contributed by atoms with Crippen molar-refractivity contribution in [2.75, 3.05) is 0 Å². The predicted octanol–water partition coefficient (Wildman–Crippen LogP) is -0.972. The monoisotopic (exact) mass is 533 g/mol. The third kappa shape index (κ3) is 7.46. The normalized spacial score (nSPS) is 9.82. The summed E-state index contributed by atoms with van der Waals surface area (Å²) in [5, 5.41) is 0. The first kappa shape index (κ1) is 23.4. The van der Waals surface area contributed by atoms with E-state index in [9.17, 15) is 0 Å². The van der Waals surface area contributed by atoms with Crippen molar-refractivity contribution in [1.82, 2.24) is 0 Å². The van der Waals surface area contributed by atoms with E-state index in [4.69, 9.17) is 0 Å². The van der Waals surface area contributed by atoms with Crippen molar-refractivity contribution in [2.24, 2.45) is 4.99 Å². The second kappa shape index (κ2) is 11.2. The van der Waals surface area contributed by atoms with Crippen LogP contribution in [-0.2, 0) is 16.5 Å². The first-order valence-electron chi connectivity index (χ1n) is 4.54. The molecule has 0 atom stereocenters. The van der Waals surface area contributed by atoms with Crippen LogP contribution in [0.15, 0.2) is 26.1 Å². The first-order valence-corrected chi connectivity index (χ1v) is 6.13. The Morgan fingerprint density at radius 1 is 1.18 bits per heavy atom. The summed E-state index contributed by atoms with van der Waals surface area (Å²) >= 11 is 7.04. The van der Waals surface area contributed by atoms with E-state index in [-0.39, 0.29) is 50.5 Å². The molecule has 1 nitrogen and oxygen atoms in total. The number of aryl methyl sites for hydroxylation is 1. The molecule has 1 rings (SSSR count). The van der Waals surface area contributed by atoms with E-state index in [1.807, 2.05) is 6.92 Å². The van der Waals surface area contributed by atoms with Crippen LogP contribution in [0.4, 0.5) is 5.69 Å². The summed E-state index contributed by atoms with van der Waals surface area (Å²) in [6, 6.07) is 4.15. The summed E-state index contributed by atoms with van der Waals surface area (Å²) in [6.07, 6.45) is 0.979. The number of rotatable bonds is 2. The van der Waals surface area contributed by atoms with Crippen LogP contribution >= 0.6 is 31.9 Å². The van der Waals surface area contributed by atoms with Gasteiger partial charge in [0.2, 0.25) is 0 Å². The van der Waals surface area contributed by atoms with E-state index < -0.39 is 0 Å². The molecule has 0 aliphatic heterocycles. The minimum Gasteiger partial charge on any atom is -1.00 e. The Morgan fingerprint density at radius 2 is 1.59 bits per heavy atom. The molecule has 0 spiro atoms. The summed E-state index contributed by atoms with van der Waals surface area (Å²) < 4.78 is 2.08. The maximum atomic E-state index is 4.54. The molecule has 1 aromatic rings. The van der Waals surface area contributed by atoms with Crippen molar-refractivity contribution in [3.63, 3.8) is 0 Å². The molecule has 0 bridgehead atoms. The van der Waals surface area contributed by atoms with Crippen LogP contribution in [-0.4, -0.2) is 5.71 Å². The van der Waals surface area contributed by atoms with Gasteiger partial charge in [0.1, 0.15) is 0 Å². The smallest absolute Gasteiger partial charge is 1.00 e. The number of hydrogen-bond acceptors (Lipinski definition) is 1. The van der Waals surface area contributed by atoms with Gasteiger partial charge in [0.15, 0.2) is 0 Å². The molecule has 0 unspecified atom stereocenters. The molecule has 17 heavy (non-hydrogen) atoms. The molecule has 0 saturated carbocycles. The molecule has 0 aliphatic carbocycles. The first-order chi connectivity index (χ1) is 6.54. The van der Waals surface area contributed by atoms with E-state index >= 15 is 0 Å². The molecule has 0 amide bonds. The molecule has 0 aromatic heterocycles. The van der Waals surface area contributed by atoms with Gasteiger partial charge in [0.25, 0.3) is 0 Å². The molecule has 0 radical (unpaired) electrons. The molecule has 0 fully saturated rings. The Kier molecular flexibility index (Phi) is 15.4. The van der Waals surface area contributed by atoms with E-state index in [1.54, 1.807) is 0 Å². The summed E-state index contributed by atoms with van der Waals surface area (Å²) in [6.45, 7) is 6.21. The van der Waals surface area contributed by atoms with Gasteiger partial charge >= 0.3 is 16.5 Å². The zero-order valence-corrected chi connectivity index (χ0v) is 17.0. The third-order valence-corrected chi connectivity index (χ3v) is 3.18. The average molecular weight is 538 g/mol. The molecule has 0 heterocycles. The minimum absolute atomic E-state index is 0. The summed E-state index contributed by atoms with van der Waals surface area (Å²) in [4.78, 5) is 4.54. The van der Waals surface area contributed by atoms with E-state index in [1.165, 1.54) is 5.56 Å². The van der Waals surface area contributed by atoms with Gasteiger partial charge in [-0.05, 0) is 69.8 Å². The van der Waals surface area contributed by atoms with Gasteiger partial charge in [-0.3, -0.25) is 4.99 Å². The molecule has 1 aromatic carbocycles. The molecule has 0 saturated heterocycles. The second-order valence-electron chi connectivity index (χ2n) is 3.28. The number of benzene rings is 1. The zero-order valence-electron chi connectivity index (χ0n) is 9.64. The molecule has 0 N–H and O–H groups in total. The van der Waals surface area contributed by atoms with Crippen LogP contribution in [0.1, 0.15) is 25.8 Å². The number of hydrogen-bond donors (Lipinski definition) is 0. The van der Waals surface area contributed by atoms with Crippen LogP contribution in [0.25, 0.3) is 0 Å². The van der Waals surface area contributed by atoms with Crippen LogP contribution < -0.4 is 34.0 Å². The summed E-state index contributed by atoms with van der Waals surface area (Å²) in [7, 11) is 0. The minimum atomic E-state index is 0. The van der Waals surface area contributed by atoms with Crippen LogP contribution in [0, 0.1) is 6.92 Å². The third-order valence-electron chi connectivity index (χ3n) is 1.98. The summed E-state index contributed by atoms with van der Waals surface area (Å²) in [5.74, 6) is 0. The van der Waals surface area contributed by atoms with Crippen LogP contribution in [0.5, 0.6) is 0 Å². The fourth-order valence-corrected chi connectivity index (χ4v) is 2.66. The largest absolute Gasteiger partial charge is 2.00 e. The molecule has 6 heteroatoms. The van der Waals surface area contributed by atoms with Crippen molar-refractivity contribution in [2.45, 2.75) is 27.2 Å². The number of halogens is 4. The van der Waals surface area contributed by atoms with Gasteiger partial charge in [-0.2, -0.15) is 0 Å². The van der Waals surface area contributed by atoms with E-state index in [2.05, 4.69) is 62.8 Å². The average Bonchev–Trinajstić information content (AvgIpc) is 2.10. The standard InChI is InChI=1S/C11H13Br2N.2BrH.Ni/c1-4-8(3)14-11-9(12)5-7(2)6-10(11)13;;;/h5-6H,4H2,1-3H3;2*1H;/q;;;+2/p-2. The maximum Gasteiger partial charge on any atom is 2.00 e. The van der Waals surface area contributed by atoms with Crippen molar-refractivity contribution < 1.29 is 50.5 Å². The van der Waals surface area contributed by atoms with Crippen molar-refractivity contribution >= 4 is 43.3 Å². The van der Waals surface area contributed by atoms with Gasteiger partial charge in [0.05, 0.1) is 5.69 Å².